The van der Waals surface area contributed by atoms with Gasteiger partial charge in [0.15, 0.2) is 0 Å². The number of aryl methyl sites for hydroxylation is 1. The number of hydrogen-bond donors (Lipinski definition) is 1. The van der Waals surface area contributed by atoms with Crippen LogP contribution in [0.3, 0.4) is 0 Å². The van der Waals surface area contributed by atoms with Crippen molar-refractivity contribution in [2.75, 3.05) is 19.6 Å². The number of benzene rings is 3. The zero-order valence-electron chi connectivity index (χ0n) is 20.0. The van der Waals surface area contributed by atoms with Crippen molar-refractivity contribution in [3.05, 3.63) is 87.2 Å². The molecule has 0 aliphatic heterocycles. The topological polar surface area (TPSA) is 15.3 Å². The third kappa shape index (κ3) is 5.44. The van der Waals surface area contributed by atoms with Gasteiger partial charge < -0.3 is 10.2 Å². The van der Waals surface area contributed by atoms with Crippen molar-refractivity contribution in [3.63, 3.8) is 0 Å². The number of thiophene rings is 1. The van der Waals surface area contributed by atoms with Crippen molar-refractivity contribution in [1.82, 2.24) is 10.2 Å². The molecule has 0 bridgehead atoms. The number of halogens is 2. The first kappa shape index (κ1) is 25.1. The van der Waals surface area contributed by atoms with E-state index in [1.807, 2.05) is 12.1 Å². The van der Waals surface area contributed by atoms with Gasteiger partial charge in [-0.15, -0.1) is 11.3 Å². The van der Waals surface area contributed by atoms with Gasteiger partial charge in [-0.2, -0.15) is 0 Å². The highest BCUT2D eigenvalue weighted by atomic mass is 35.5. The maximum atomic E-state index is 6.63. The molecule has 1 heterocycles. The first-order chi connectivity index (χ1) is 16.5. The van der Waals surface area contributed by atoms with Crippen LogP contribution in [0, 0.1) is 0 Å². The van der Waals surface area contributed by atoms with Crippen LogP contribution in [-0.4, -0.2) is 24.5 Å². The first-order valence-electron chi connectivity index (χ1n) is 12.1. The van der Waals surface area contributed by atoms with Crippen LogP contribution in [0.15, 0.2) is 61.2 Å². The fourth-order valence-corrected chi connectivity index (χ4v) is 6.42. The van der Waals surface area contributed by atoms with Gasteiger partial charge in [-0.1, -0.05) is 80.0 Å². The van der Waals surface area contributed by atoms with Crippen molar-refractivity contribution >= 4 is 61.1 Å². The normalized spacial score (nSPS) is 11.4. The second-order valence-electron chi connectivity index (χ2n) is 8.61. The van der Waals surface area contributed by atoms with Gasteiger partial charge in [-0.25, -0.2) is 0 Å². The lowest BCUT2D eigenvalue weighted by atomic mass is 10.0. The summed E-state index contributed by atoms with van der Waals surface area (Å²) < 4.78 is 1.06. The standard InChI is InChI=1S/C29H32Cl2N2S/c1-4-24-27-25(30)14-15-26(31)29(27)34-28(24)20(3)33(17-9-8-16-32-5-2)19-21-12-13-22-10-6-7-11-23(22)18-21/h6-7,10-15,18,32H,3-5,8-9,16-17,19H2,1-2H3. The summed E-state index contributed by atoms with van der Waals surface area (Å²) in [7, 11) is 0. The van der Waals surface area contributed by atoms with Gasteiger partial charge >= 0.3 is 0 Å². The van der Waals surface area contributed by atoms with E-state index >= 15 is 0 Å². The van der Waals surface area contributed by atoms with E-state index in [-0.39, 0.29) is 0 Å². The summed E-state index contributed by atoms with van der Waals surface area (Å²) >= 11 is 14.9. The molecule has 0 fully saturated rings. The SMILES string of the molecule is C=C(c1sc2c(Cl)ccc(Cl)c2c1CC)N(CCCCNCC)Cc1ccc2ccccc2c1. The summed E-state index contributed by atoms with van der Waals surface area (Å²) in [5.41, 5.74) is 3.59. The first-order valence-corrected chi connectivity index (χ1v) is 13.6. The second-order valence-corrected chi connectivity index (χ2v) is 10.4. The molecule has 2 nitrogen and oxygen atoms in total. The smallest absolute Gasteiger partial charge is 0.0585 e. The van der Waals surface area contributed by atoms with Gasteiger partial charge in [-0.3, -0.25) is 0 Å². The molecule has 1 aromatic heterocycles. The van der Waals surface area contributed by atoms with Gasteiger partial charge in [0.25, 0.3) is 0 Å². The molecule has 0 saturated heterocycles. The average molecular weight is 512 g/mol. The van der Waals surface area contributed by atoms with E-state index in [0.717, 1.165) is 71.3 Å². The third-order valence-corrected chi connectivity index (χ3v) is 8.36. The Hall–Kier alpha value is -2.04. The number of hydrogen-bond acceptors (Lipinski definition) is 3. The highest BCUT2D eigenvalue weighted by molar-refractivity contribution is 7.21. The molecule has 0 saturated carbocycles. The lowest BCUT2D eigenvalue weighted by Gasteiger charge is -2.27. The minimum Gasteiger partial charge on any atom is -0.367 e. The zero-order chi connectivity index (χ0) is 24.1. The molecule has 0 unspecified atom stereocenters. The molecule has 0 amide bonds. The lowest BCUT2D eigenvalue weighted by molar-refractivity contribution is 0.378. The van der Waals surface area contributed by atoms with Crippen LogP contribution in [0.5, 0.6) is 0 Å². The molecule has 0 spiro atoms. The van der Waals surface area contributed by atoms with Crippen LogP contribution in [0.4, 0.5) is 0 Å². The molecule has 3 aromatic carbocycles. The molecule has 1 N–H and O–H groups in total. The Morgan fingerprint density at radius 3 is 2.50 bits per heavy atom. The predicted octanol–water partition coefficient (Wildman–Crippen LogP) is 8.79. The molecule has 4 aromatic rings. The lowest BCUT2D eigenvalue weighted by Crippen LogP contribution is -2.24. The van der Waals surface area contributed by atoms with Crippen molar-refractivity contribution < 1.29 is 0 Å². The number of rotatable bonds is 11. The van der Waals surface area contributed by atoms with E-state index in [2.05, 4.69) is 73.1 Å². The monoisotopic (exact) mass is 510 g/mol. The van der Waals surface area contributed by atoms with Crippen LogP contribution < -0.4 is 5.32 Å². The Bertz CT molecular complexity index is 1290. The zero-order valence-corrected chi connectivity index (χ0v) is 22.3. The van der Waals surface area contributed by atoms with E-state index in [4.69, 9.17) is 23.2 Å². The van der Waals surface area contributed by atoms with Gasteiger partial charge in [-0.05, 0) is 72.5 Å². The Labute approximate surface area is 217 Å². The Morgan fingerprint density at radius 2 is 1.74 bits per heavy atom. The Balaban J connectivity index is 1.66. The highest BCUT2D eigenvalue weighted by Gasteiger charge is 2.21. The molecule has 0 aliphatic rings. The van der Waals surface area contributed by atoms with Crippen molar-refractivity contribution in [1.29, 1.82) is 0 Å². The summed E-state index contributed by atoms with van der Waals surface area (Å²) in [5.74, 6) is 0. The minimum absolute atomic E-state index is 0.755. The van der Waals surface area contributed by atoms with Crippen LogP contribution in [-0.2, 0) is 13.0 Å². The minimum atomic E-state index is 0.755. The van der Waals surface area contributed by atoms with Crippen molar-refractivity contribution in [2.45, 2.75) is 39.7 Å². The fraction of sp³-hybridized carbons (Fsp3) is 0.310. The second kappa shape index (κ2) is 11.6. The fourth-order valence-electron chi connectivity index (χ4n) is 4.50. The molecule has 0 radical (unpaired) electrons. The maximum Gasteiger partial charge on any atom is 0.0585 e. The Morgan fingerprint density at radius 1 is 0.971 bits per heavy atom. The van der Waals surface area contributed by atoms with E-state index in [9.17, 15) is 0 Å². The van der Waals surface area contributed by atoms with Gasteiger partial charge in [0.1, 0.15) is 0 Å². The molecule has 4 rings (SSSR count). The van der Waals surface area contributed by atoms with Gasteiger partial charge in [0.2, 0.25) is 0 Å². The molecule has 178 valence electrons. The van der Waals surface area contributed by atoms with Crippen LogP contribution >= 0.6 is 34.5 Å². The van der Waals surface area contributed by atoms with Crippen molar-refractivity contribution in [3.8, 4) is 0 Å². The van der Waals surface area contributed by atoms with Crippen LogP contribution in [0.2, 0.25) is 10.0 Å². The summed E-state index contributed by atoms with van der Waals surface area (Å²) in [4.78, 5) is 3.63. The van der Waals surface area contributed by atoms with Crippen LogP contribution in [0.1, 0.15) is 42.7 Å². The number of nitrogens with zero attached hydrogens (tertiary/aromatic N) is 1. The molecule has 0 atom stereocenters. The summed E-state index contributed by atoms with van der Waals surface area (Å²) in [5, 5.41) is 8.57. The van der Waals surface area contributed by atoms with E-state index < -0.39 is 0 Å². The maximum absolute atomic E-state index is 6.63. The average Bonchev–Trinajstić information content (AvgIpc) is 3.26. The third-order valence-electron chi connectivity index (χ3n) is 6.31. The molecular formula is C29H32Cl2N2S. The molecule has 34 heavy (non-hydrogen) atoms. The summed E-state index contributed by atoms with van der Waals surface area (Å²) in [6.07, 6.45) is 3.13. The van der Waals surface area contributed by atoms with Crippen molar-refractivity contribution in [2.24, 2.45) is 0 Å². The number of nitrogens with one attached hydrogen (secondary N) is 1. The largest absolute Gasteiger partial charge is 0.367 e. The number of fused-ring (bicyclic) bond motifs is 2. The number of unbranched alkanes of at least 4 members (excludes halogenated alkanes) is 1. The molecule has 0 aliphatic carbocycles. The van der Waals surface area contributed by atoms with Gasteiger partial charge in [0.05, 0.1) is 14.6 Å². The molecule has 5 heteroatoms. The summed E-state index contributed by atoms with van der Waals surface area (Å²) in [6.45, 7) is 12.8. The summed E-state index contributed by atoms with van der Waals surface area (Å²) in [6, 6.07) is 19.1. The molecular weight excluding hydrogens is 479 g/mol. The van der Waals surface area contributed by atoms with Crippen LogP contribution in [0.25, 0.3) is 26.6 Å². The van der Waals surface area contributed by atoms with Gasteiger partial charge in [0, 0.05) is 29.2 Å². The van der Waals surface area contributed by atoms with E-state index in [1.54, 1.807) is 11.3 Å². The van der Waals surface area contributed by atoms with E-state index in [1.165, 1.54) is 26.8 Å². The Kier molecular flexibility index (Phi) is 8.55. The predicted molar refractivity (Wildman–Crippen MR) is 152 cm³/mol. The quantitative estimate of drug-likeness (QED) is 0.203. The van der Waals surface area contributed by atoms with E-state index in [0.29, 0.717) is 0 Å². The highest BCUT2D eigenvalue weighted by Crippen LogP contribution is 2.43.